The standard InChI is InChI=1S/C9H15BrO5/c1-5(11)15-8-7(13-3)6(12-2)4-14-9(8)10/h6-9H,4H2,1-3H3. The third-order valence-corrected chi connectivity index (χ3v) is 3.03. The molecule has 1 aliphatic heterocycles. The Labute approximate surface area is 97.1 Å². The van der Waals surface area contributed by atoms with Crippen molar-refractivity contribution in [1.82, 2.24) is 0 Å². The van der Waals surface area contributed by atoms with E-state index in [1.807, 2.05) is 0 Å². The maximum atomic E-state index is 10.9. The van der Waals surface area contributed by atoms with Gasteiger partial charge in [0.15, 0.2) is 11.1 Å². The van der Waals surface area contributed by atoms with Crippen molar-refractivity contribution in [3.63, 3.8) is 0 Å². The zero-order chi connectivity index (χ0) is 11.4. The lowest BCUT2D eigenvalue weighted by atomic mass is 10.1. The van der Waals surface area contributed by atoms with Gasteiger partial charge in [-0.3, -0.25) is 4.79 Å². The summed E-state index contributed by atoms with van der Waals surface area (Å²) in [6.45, 7) is 1.76. The van der Waals surface area contributed by atoms with E-state index in [-0.39, 0.29) is 23.2 Å². The fourth-order valence-electron chi connectivity index (χ4n) is 1.54. The van der Waals surface area contributed by atoms with Gasteiger partial charge in [-0.05, 0) is 0 Å². The summed E-state index contributed by atoms with van der Waals surface area (Å²) in [4.78, 5) is 10.9. The lowest BCUT2D eigenvalue weighted by Gasteiger charge is -2.38. The number of ether oxygens (including phenoxy) is 4. The Morgan fingerprint density at radius 3 is 2.47 bits per heavy atom. The highest BCUT2D eigenvalue weighted by molar-refractivity contribution is 9.09. The zero-order valence-electron chi connectivity index (χ0n) is 8.94. The van der Waals surface area contributed by atoms with Gasteiger partial charge in [-0.2, -0.15) is 0 Å². The molecule has 0 radical (unpaired) electrons. The van der Waals surface area contributed by atoms with Crippen molar-refractivity contribution < 1.29 is 23.7 Å². The summed E-state index contributed by atoms with van der Waals surface area (Å²) in [5.41, 5.74) is 0. The Hall–Kier alpha value is -0.170. The predicted octanol–water partition coefficient (Wildman–Crippen LogP) is 0.699. The average molecular weight is 283 g/mol. The molecule has 88 valence electrons. The zero-order valence-corrected chi connectivity index (χ0v) is 10.5. The maximum absolute atomic E-state index is 10.9. The van der Waals surface area contributed by atoms with Gasteiger partial charge < -0.3 is 18.9 Å². The molecule has 15 heavy (non-hydrogen) atoms. The molecular weight excluding hydrogens is 268 g/mol. The Morgan fingerprint density at radius 1 is 1.33 bits per heavy atom. The predicted molar refractivity (Wildman–Crippen MR) is 55.8 cm³/mol. The van der Waals surface area contributed by atoms with Crippen LogP contribution in [0.5, 0.6) is 0 Å². The molecular formula is C9H15BrO5. The summed E-state index contributed by atoms with van der Waals surface area (Å²) in [6.07, 6.45) is -1.05. The van der Waals surface area contributed by atoms with Gasteiger partial charge >= 0.3 is 5.97 Å². The number of carbonyl (C=O) groups is 1. The van der Waals surface area contributed by atoms with Crippen LogP contribution in [-0.2, 0) is 23.7 Å². The molecule has 0 bridgehead atoms. The minimum atomic E-state index is -0.494. The van der Waals surface area contributed by atoms with Crippen LogP contribution in [0, 0.1) is 0 Å². The highest BCUT2D eigenvalue weighted by Crippen LogP contribution is 2.26. The number of hydrogen-bond acceptors (Lipinski definition) is 5. The first kappa shape index (κ1) is 12.9. The molecule has 0 aromatic rings. The Morgan fingerprint density at radius 2 is 2.00 bits per heavy atom. The first-order valence-electron chi connectivity index (χ1n) is 4.58. The van der Waals surface area contributed by atoms with Gasteiger partial charge in [0.05, 0.1) is 6.61 Å². The second-order valence-electron chi connectivity index (χ2n) is 3.23. The van der Waals surface area contributed by atoms with Gasteiger partial charge in [0.25, 0.3) is 0 Å². The molecule has 0 amide bonds. The molecule has 0 aromatic carbocycles. The molecule has 1 aliphatic rings. The van der Waals surface area contributed by atoms with Crippen molar-refractivity contribution in [2.75, 3.05) is 20.8 Å². The number of esters is 1. The van der Waals surface area contributed by atoms with Crippen LogP contribution < -0.4 is 0 Å². The number of methoxy groups -OCH3 is 2. The largest absolute Gasteiger partial charge is 0.456 e. The summed E-state index contributed by atoms with van der Waals surface area (Å²) >= 11 is 3.29. The highest BCUT2D eigenvalue weighted by atomic mass is 79.9. The van der Waals surface area contributed by atoms with Crippen LogP contribution in [0.1, 0.15) is 6.92 Å². The number of halogens is 1. The van der Waals surface area contributed by atoms with Gasteiger partial charge in [0.2, 0.25) is 0 Å². The fourth-order valence-corrected chi connectivity index (χ4v) is 2.10. The SMILES string of the molecule is COC1COC(Br)C(OC(C)=O)C1OC. The van der Waals surface area contributed by atoms with E-state index in [0.717, 1.165) is 0 Å². The van der Waals surface area contributed by atoms with Crippen molar-refractivity contribution in [1.29, 1.82) is 0 Å². The molecule has 0 spiro atoms. The fraction of sp³-hybridized carbons (Fsp3) is 0.889. The minimum Gasteiger partial charge on any atom is -0.456 e. The van der Waals surface area contributed by atoms with Crippen LogP contribution in [0.25, 0.3) is 0 Å². The van der Waals surface area contributed by atoms with Gasteiger partial charge in [-0.1, -0.05) is 15.9 Å². The Kier molecular flexibility index (Phi) is 4.98. The second-order valence-corrected chi connectivity index (χ2v) is 4.14. The first-order chi connectivity index (χ1) is 7.10. The van der Waals surface area contributed by atoms with Crippen LogP contribution in [0.3, 0.4) is 0 Å². The third kappa shape index (κ3) is 3.14. The molecule has 0 aromatic heterocycles. The molecule has 1 saturated heterocycles. The molecule has 1 rings (SSSR count). The topological polar surface area (TPSA) is 54.0 Å². The van der Waals surface area contributed by atoms with Crippen LogP contribution in [0.4, 0.5) is 0 Å². The smallest absolute Gasteiger partial charge is 0.303 e. The first-order valence-corrected chi connectivity index (χ1v) is 5.50. The number of carbonyl (C=O) groups excluding carboxylic acids is 1. The average Bonchev–Trinajstić information content (AvgIpc) is 2.20. The molecule has 1 heterocycles. The Balaban J connectivity index is 2.71. The summed E-state index contributed by atoms with van der Waals surface area (Å²) < 4.78 is 20.9. The highest BCUT2D eigenvalue weighted by Gasteiger charge is 2.42. The van der Waals surface area contributed by atoms with Gasteiger partial charge in [-0.15, -0.1) is 0 Å². The second kappa shape index (κ2) is 5.79. The maximum Gasteiger partial charge on any atom is 0.303 e. The third-order valence-electron chi connectivity index (χ3n) is 2.25. The minimum absolute atomic E-state index is 0.229. The van der Waals surface area contributed by atoms with Crippen LogP contribution >= 0.6 is 15.9 Å². The van der Waals surface area contributed by atoms with E-state index in [1.54, 1.807) is 14.2 Å². The summed E-state index contributed by atoms with van der Waals surface area (Å²) in [7, 11) is 3.12. The lowest BCUT2D eigenvalue weighted by molar-refractivity contribution is -0.200. The van der Waals surface area contributed by atoms with Crippen molar-refractivity contribution in [2.24, 2.45) is 0 Å². The van der Waals surface area contributed by atoms with E-state index in [9.17, 15) is 4.79 Å². The van der Waals surface area contributed by atoms with Crippen LogP contribution in [-0.4, -0.2) is 50.1 Å². The summed E-state index contributed by atoms with van der Waals surface area (Å²) in [5.74, 6) is -0.369. The quantitative estimate of drug-likeness (QED) is 0.563. The molecule has 1 fully saturated rings. The summed E-state index contributed by atoms with van der Waals surface area (Å²) in [5, 5.41) is -0.363. The van der Waals surface area contributed by atoms with E-state index in [0.29, 0.717) is 6.61 Å². The molecule has 0 saturated carbocycles. The molecule has 5 nitrogen and oxygen atoms in total. The van der Waals surface area contributed by atoms with E-state index in [2.05, 4.69) is 15.9 Å². The van der Waals surface area contributed by atoms with Gasteiger partial charge in [0, 0.05) is 21.1 Å². The molecule has 0 aliphatic carbocycles. The van der Waals surface area contributed by atoms with Crippen LogP contribution in [0.2, 0.25) is 0 Å². The van der Waals surface area contributed by atoms with E-state index >= 15 is 0 Å². The number of rotatable bonds is 3. The van der Waals surface area contributed by atoms with E-state index < -0.39 is 6.10 Å². The number of alkyl halides is 1. The van der Waals surface area contributed by atoms with Gasteiger partial charge in [0.1, 0.15) is 12.2 Å². The van der Waals surface area contributed by atoms with Crippen molar-refractivity contribution in [2.45, 2.75) is 30.2 Å². The molecule has 0 N–H and O–H groups in total. The molecule has 4 unspecified atom stereocenters. The van der Waals surface area contributed by atoms with Crippen molar-refractivity contribution >= 4 is 21.9 Å². The molecule has 4 atom stereocenters. The monoisotopic (exact) mass is 282 g/mol. The van der Waals surface area contributed by atoms with Crippen LogP contribution in [0.15, 0.2) is 0 Å². The lowest BCUT2D eigenvalue weighted by Crippen LogP contribution is -2.54. The van der Waals surface area contributed by atoms with Crippen molar-refractivity contribution in [3.8, 4) is 0 Å². The van der Waals surface area contributed by atoms with E-state index in [4.69, 9.17) is 18.9 Å². The van der Waals surface area contributed by atoms with Crippen molar-refractivity contribution in [3.05, 3.63) is 0 Å². The molecule has 6 heteroatoms. The normalized spacial score (nSPS) is 36.3. The van der Waals surface area contributed by atoms with E-state index in [1.165, 1.54) is 6.92 Å². The number of hydrogen-bond donors (Lipinski definition) is 0. The Bertz CT molecular complexity index is 223. The van der Waals surface area contributed by atoms with Gasteiger partial charge in [-0.25, -0.2) is 0 Å². The summed E-state index contributed by atoms with van der Waals surface area (Å²) in [6, 6.07) is 0.